The van der Waals surface area contributed by atoms with Gasteiger partial charge in [0.2, 0.25) is 0 Å². The summed E-state index contributed by atoms with van der Waals surface area (Å²) in [4.78, 5) is 35.7. The van der Waals surface area contributed by atoms with Crippen molar-refractivity contribution in [2.75, 3.05) is 5.32 Å². The summed E-state index contributed by atoms with van der Waals surface area (Å²) < 4.78 is 0.999. The molecule has 2 aromatic carbocycles. The Balaban J connectivity index is 1.86. The molecule has 8 nitrogen and oxygen atoms in total. The summed E-state index contributed by atoms with van der Waals surface area (Å²) in [6.45, 7) is 1.23. The predicted molar refractivity (Wildman–Crippen MR) is 104 cm³/mol. The van der Waals surface area contributed by atoms with Gasteiger partial charge in [0.15, 0.2) is 12.3 Å². The minimum absolute atomic E-state index is 0.221. The van der Waals surface area contributed by atoms with Crippen molar-refractivity contribution in [1.29, 1.82) is 0 Å². The highest BCUT2D eigenvalue weighted by atomic mass is 35.5. The number of aryl methyl sites for hydroxylation is 1. The number of anilines is 1. The Hall–Kier alpha value is -3.52. The topological polar surface area (TPSA) is 107 Å². The van der Waals surface area contributed by atoms with Crippen molar-refractivity contribution in [3.8, 4) is 0 Å². The third kappa shape index (κ3) is 4.24. The van der Waals surface area contributed by atoms with Gasteiger partial charge in [-0.15, -0.1) is 4.68 Å². The zero-order valence-corrected chi connectivity index (χ0v) is 15.5. The normalized spacial score (nSPS) is 10.5. The van der Waals surface area contributed by atoms with Crippen LogP contribution in [0, 0.1) is 17.0 Å². The largest absolute Gasteiger partial charge is 0.358 e. The number of halogens is 1. The number of hydrogen-bond acceptors (Lipinski definition) is 5. The Morgan fingerprint density at radius 3 is 2.57 bits per heavy atom. The van der Waals surface area contributed by atoms with Crippen LogP contribution >= 0.6 is 11.6 Å². The van der Waals surface area contributed by atoms with Gasteiger partial charge in [-0.25, -0.2) is 0 Å². The van der Waals surface area contributed by atoms with Gasteiger partial charge in [0.25, 0.3) is 5.91 Å². The van der Waals surface area contributed by atoms with E-state index in [1.807, 2.05) is 0 Å². The molecular weight excluding hydrogens is 384 g/mol. The maximum Gasteiger partial charge on any atom is 0.345 e. The summed E-state index contributed by atoms with van der Waals surface area (Å²) in [7, 11) is 0. The average molecular weight is 399 g/mol. The standard InChI is InChI=1S/C19H15ClN4O4/c1-12-9-18(24(27)28)23(22-12)11-17(25)21-16-8-7-14(20)10-15(16)19(26)13-5-3-2-4-6-13/h2-10H,11H2,1H3,(H,21,25). The zero-order chi connectivity index (χ0) is 20.3. The van der Waals surface area contributed by atoms with Crippen molar-refractivity contribution >= 4 is 34.8 Å². The quantitative estimate of drug-likeness (QED) is 0.387. The van der Waals surface area contributed by atoms with E-state index < -0.39 is 10.8 Å². The van der Waals surface area contributed by atoms with E-state index in [4.69, 9.17) is 11.6 Å². The van der Waals surface area contributed by atoms with Crippen LogP contribution in [0.1, 0.15) is 21.6 Å². The number of hydrogen-bond donors (Lipinski definition) is 1. The minimum atomic E-state index is -0.611. The van der Waals surface area contributed by atoms with Gasteiger partial charge in [-0.3, -0.25) is 9.59 Å². The molecule has 0 atom stereocenters. The number of benzene rings is 2. The second-order valence-corrected chi connectivity index (χ2v) is 6.43. The first kappa shape index (κ1) is 19.2. The Morgan fingerprint density at radius 2 is 1.89 bits per heavy atom. The van der Waals surface area contributed by atoms with E-state index in [1.165, 1.54) is 18.2 Å². The Labute approximate surface area is 164 Å². The van der Waals surface area contributed by atoms with Crippen molar-refractivity contribution in [1.82, 2.24) is 9.78 Å². The van der Waals surface area contributed by atoms with Crippen LogP contribution in [0.3, 0.4) is 0 Å². The lowest BCUT2D eigenvalue weighted by Crippen LogP contribution is -2.22. The second-order valence-electron chi connectivity index (χ2n) is 5.99. The van der Waals surface area contributed by atoms with Gasteiger partial charge in [0.1, 0.15) is 0 Å². The summed E-state index contributed by atoms with van der Waals surface area (Å²) in [5.74, 6) is -1.15. The molecule has 0 unspecified atom stereocenters. The molecule has 1 heterocycles. The Bertz CT molecular complexity index is 1060. The molecule has 0 aliphatic rings. The number of amides is 1. The predicted octanol–water partition coefficient (Wildman–Crippen LogP) is 3.62. The highest BCUT2D eigenvalue weighted by molar-refractivity contribution is 6.31. The van der Waals surface area contributed by atoms with E-state index in [1.54, 1.807) is 43.3 Å². The van der Waals surface area contributed by atoms with Gasteiger partial charge in [-0.05, 0) is 30.0 Å². The second kappa shape index (κ2) is 8.01. The van der Waals surface area contributed by atoms with Gasteiger partial charge >= 0.3 is 5.82 Å². The molecule has 3 rings (SSSR count). The lowest BCUT2D eigenvalue weighted by Gasteiger charge is -2.10. The number of carbonyl (C=O) groups is 2. The fourth-order valence-corrected chi connectivity index (χ4v) is 2.85. The van der Waals surface area contributed by atoms with Crippen molar-refractivity contribution in [3.05, 3.63) is 86.6 Å². The molecule has 1 N–H and O–H groups in total. The number of aromatic nitrogens is 2. The highest BCUT2D eigenvalue weighted by Crippen LogP contribution is 2.24. The molecule has 3 aromatic rings. The van der Waals surface area contributed by atoms with Gasteiger partial charge in [-0.2, -0.15) is 0 Å². The summed E-state index contributed by atoms with van der Waals surface area (Å²) >= 11 is 6.02. The molecule has 0 saturated carbocycles. The number of carbonyl (C=O) groups excluding carboxylic acids is 2. The van der Waals surface area contributed by atoms with Crippen LogP contribution in [0.4, 0.5) is 11.5 Å². The Kier molecular flexibility index (Phi) is 5.51. The van der Waals surface area contributed by atoms with Crippen LogP contribution in [0.15, 0.2) is 54.6 Å². The third-order valence-corrected chi connectivity index (χ3v) is 4.13. The fourth-order valence-electron chi connectivity index (χ4n) is 2.68. The van der Waals surface area contributed by atoms with Gasteiger partial charge in [0.05, 0.1) is 17.4 Å². The minimum Gasteiger partial charge on any atom is -0.358 e. The monoisotopic (exact) mass is 398 g/mol. The van der Waals surface area contributed by atoms with E-state index in [9.17, 15) is 19.7 Å². The lowest BCUT2D eigenvalue weighted by atomic mass is 10.0. The molecule has 1 aromatic heterocycles. The third-order valence-electron chi connectivity index (χ3n) is 3.90. The average Bonchev–Trinajstić information content (AvgIpc) is 3.03. The van der Waals surface area contributed by atoms with Crippen molar-refractivity contribution in [2.24, 2.45) is 0 Å². The molecular formula is C19H15ClN4O4. The number of ketones is 1. The lowest BCUT2D eigenvalue weighted by molar-refractivity contribution is -0.392. The van der Waals surface area contributed by atoms with Crippen LogP contribution in [-0.4, -0.2) is 26.4 Å². The van der Waals surface area contributed by atoms with Crippen molar-refractivity contribution in [2.45, 2.75) is 13.5 Å². The van der Waals surface area contributed by atoms with Crippen LogP contribution in [0.25, 0.3) is 0 Å². The molecule has 0 saturated heterocycles. The van der Waals surface area contributed by atoms with Gasteiger partial charge < -0.3 is 15.4 Å². The van der Waals surface area contributed by atoms with Gasteiger partial charge in [-0.1, -0.05) is 47.0 Å². The SMILES string of the molecule is Cc1cc([N+](=O)[O-])n(CC(=O)Nc2ccc(Cl)cc2C(=O)c2ccccc2)n1. The molecule has 28 heavy (non-hydrogen) atoms. The maximum atomic E-state index is 12.8. The van der Waals surface area contributed by atoms with E-state index in [0.717, 1.165) is 4.68 Å². The fraction of sp³-hybridized carbons (Fsp3) is 0.105. The molecule has 0 aliphatic carbocycles. The first-order chi connectivity index (χ1) is 13.3. The molecule has 1 amide bonds. The molecule has 0 aliphatic heterocycles. The molecule has 0 bridgehead atoms. The number of nitrogens with zero attached hydrogens (tertiary/aromatic N) is 3. The molecule has 142 valence electrons. The zero-order valence-electron chi connectivity index (χ0n) is 14.8. The summed E-state index contributed by atoms with van der Waals surface area (Å²) in [6, 6.07) is 14.4. The van der Waals surface area contributed by atoms with Crippen LogP contribution in [0.5, 0.6) is 0 Å². The number of rotatable bonds is 6. The smallest absolute Gasteiger partial charge is 0.345 e. The highest BCUT2D eigenvalue weighted by Gasteiger charge is 2.21. The maximum absolute atomic E-state index is 12.8. The Morgan fingerprint density at radius 1 is 1.18 bits per heavy atom. The van der Waals surface area contributed by atoms with Gasteiger partial charge in [0, 0.05) is 16.1 Å². The van der Waals surface area contributed by atoms with Crippen molar-refractivity contribution in [3.63, 3.8) is 0 Å². The summed E-state index contributed by atoms with van der Waals surface area (Å²) in [6.07, 6.45) is 0. The van der Waals surface area contributed by atoms with E-state index in [-0.39, 0.29) is 29.4 Å². The summed E-state index contributed by atoms with van der Waals surface area (Å²) in [5.41, 5.74) is 1.34. The first-order valence-electron chi connectivity index (χ1n) is 8.23. The first-order valence-corrected chi connectivity index (χ1v) is 8.61. The molecule has 9 heteroatoms. The summed E-state index contributed by atoms with van der Waals surface area (Å²) in [5, 5.41) is 18.0. The van der Waals surface area contributed by atoms with E-state index >= 15 is 0 Å². The van der Waals surface area contributed by atoms with Crippen LogP contribution in [-0.2, 0) is 11.3 Å². The molecule has 0 spiro atoms. The van der Waals surface area contributed by atoms with Crippen LogP contribution in [0.2, 0.25) is 5.02 Å². The van der Waals surface area contributed by atoms with E-state index in [2.05, 4.69) is 10.4 Å². The molecule has 0 fully saturated rings. The van der Waals surface area contributed by atoms with Crippen molar-refractivity contribution < 1.29 is 14.5 Å². The molecule has 0 radical (unpaired) electrons. The number of nitro groups is 1. The van der Waals surface area contributed by atoms with E-state index in [0.29, 0.717) is 16.3 Å². The number of nitrogens with one attached hydrogen (secondary N) is 1. The van der Waals surface area contributed by atoms with Crippen LogP contribution < -0.4 is 5.32 Å².